The molecule has 2 aromatic rings. The fraction of sp³-hybridized carbons (Fsp3) is 0.235. The van der Waals surface area contributed by atoms with Crippen LogP contribution < -0.4 is 11.1 Å². The van der Waals surface area contributed by atoms with Gasteiger partial charge < -0.3 is 11.1 Å². The molecule has 3 heteroatoms. The fourth-order valence-corrected chi connectivity index (χ4v) is 2.19. The number of nitrogens with zero attached hydrogens (tertiary/aromatic N) is 1. The summed E-state index contributed by atoms with van der Waals surface area (Å²) >= 11 is 0. The zero-order valence-corrected chi connectivity index (χ0v) is 11.6. The molecule has 0 heterocycles. The summed E-state index contributed by atoms with van der Waals surface area (Å²) in [6.07, 6.45) is 1.01. The Hall–Kier alpha value is -2.47. The molecule has 0 aliphatic heterocycles. The molecule has 0 aliphatic rings. The molecule has 1 unspecified atom stereocenters. The van der Waals surface area contributed by atoms with Gasteiger partial charge in [-0.25, -0.2) is 0 Å². The van der Waals surface area contributed by atoms with Crippen molar-refractivity contribution in [1.29, 1.82) is 5.26 Å². The van der Waals surface area contributed by atoms with E-state index in [0.717, 1.165) is 18.7 Å². The third kappa shape index (κ3) is 3.30. The van der Waals surface area contributed by atoms with Crippen molar-refractivity contribution in [2.24, 2.45) is 0 Å². The Kier molecular flexibility index (Phi) is 4.62. The molecule has 3 nitrogen and oxygen atoms in total. The Morgan fingerprint density at radius 3 is 2.60 bits per heavy atom. The highest BCUT2D eigenvalue weighted by Crippen LogP contribution is 2.23. The van der Waals surface area contributed by atoms with Crippen LogP contribution in [0.2, 0.25) is 0 Å². The van der Waals surface area contributed by atoms with E-state index in [2.05, 4.69) is 42.6 Å². The van der Waals surface area contributed by atoms with E-state index in [1.807, 2.05) is 18.2 Å². The molecule has 0 aromatic heterocycles. The quantitative estimate of drug-likeness (QED) is 0.809. The van der Waals surface area contributed by atoms with Crippen molar-refractivity contribution >= 4 is 11.4 Å². The minimum Gasteiger partial charge on any atom is -0.396 e. The minimum absolute atomic E-state index is 0.490. The Balaban J connectivity index is 1.92. The Labute approximate surface area is 120 Å². The van der Waals surface area contributed by atoms with Crippen molar-refractivity contribution in [2.75, 3.05) is 17.6 Å². The van der Waals surface area contributed by atoms with Crippen LogP contribution in [0.3, 0.4) is 0 Å². The largest absolute Gasteiger partial charge is 0.396 e. The van der Waals surface area contributed by atoms with Gasteiger partial charge in [0.1, 0.15) is 6.07 Å². The van der Waals surface area contributed by atoms with E-state index in [4.69, 9.17) is 11.0 Å². The first kappa shape index (κ1) is 14.0. The molecule has 2 rings (SSSR count). The van der Waals surface area contributed by atoms with Crippen LogP contribution in [-0.2, 0) is 0 Å². The van der Waals surface area contributed by atoms with E-state index in [9.17, 15) is 0 Å². The van der Waals surface area contributed by atoms with Crippen LogP contribution in [-0.4, -0.2) is 6.54 Å². The van der Waals surface area contributed by atoms with Crippen LogP contribution in [0.1, 0.15) is 30.4 Å². The third-order valence-corrected chi connectivity index (χ3v) is 3.49. The second-order valence-corrected chi connectivity index (χ2v) is 4.91. The predicted octanol–water partition coefficient (Wildman–Crippen LogP) is 3.75. The molecule has 0 bridgehead atoms. The smallest absolute Gasteiger partial charge is 0.101 e. The zero-order chi connectivity index (χ0) is 14.4. The average molecular weight is 265 g/mol. The minimum atomic E-state index is 0.490. The highest BCUT2D eigenvalue weighted by molar-refractivity contribution is 5.72. The van der Waals surface area contributed by atoms with Gasteiger partial charge in [-0.1, -0.05) is 43.3 Å². The molecular weight excluding hydrogens is 246 g/mol. The summed E-state index contributed by atoms with van der Waals surface area (Å²) in [6, 6.07) is 18.0. The van der Waals surface area contributed by atoms with Gasteiger partial charge >= 0.3 is 0 Å². The number of nitriles is 1. The van der Waals surface area contributed by atoms with Crippen molar-refractivity contribution in [3.63, 3.8) is 0 Å². The van der Waals surface area contributed by atoms with E-state index in [-0.39, 0.29) is 0 Å². The van der Waals surface area contributed by atoms with Crippen LogP contribution in [0, 0.1) is 11.3 Å². The molecule has 0 radical (unpaired) electrons. The molecule has 102 valence electrons. The van der Waals surface area contributed by atoms with Gasteiger partial charge in [0.2, 0.25) is 0 Å². The summed E-state index contributed by atoms with van der Waals surface area (Å²) in [4.78, 5) is 0. The van der Waals surface area contributed by atoms with E-state index < -0.39 is 0 Å². The number of nitrogens with two attached hydrogens (primary N) is 1. The van der Waals surface area contributed by atoms with Gasteiger partial charge in [-0.05, 0) is 30.0 Å². The summed E-state index contributed by atoms with van der Waals surface area (Å²) in [5.74, 6) is 0.490. The number of para-hydroxylation sites is 1. The zero-order valence-electron chi connectivity index (χ0n) is 11.6. The summed E-state index contributed by atoms with van der Waals surface area (Å²) < 4.78 is 0. The van der Waals surface area contributed by atoms with Crippen molar-refractivity contribution in [1.82, 2.24) is 0 Å². The monoisotopic (exact) mass is 265 g/mol. The molecular formula is C17H19N3. The van der Waals surface area contributed by atoms with Crippen molar-refractivity contribution in [2.45, 2.75) is 19.3 Å². The van der Waals surface area contributed by atoms with Crippen LogP contribution in [0.4, 0.5) is 11.4 Å². The average Bonchev–Trinajstić information content (AvgIpc) is 2.49. The first-order valence-corrected chi connectivity index (χ1v) is 6.79. The van der Waals surface area contributed by atoms with Gasteiger partial charge in [-0.15, -0.1) is 0 Å². The van der Waals surface area contributed by atoms with Crippen molar-refractivity contribution in [3.05, 3.63) is 59.7 Å². The molecule has 0 saturated carbocycles. The van der Waals surface area contributed by atoms with E-state index in [1.165, 1.54) is 5.56 Å². The molecule has 0 spiro atoms. The number of hydrogen-bond donors (Lipinski definition) is 2. The summed E-state index contributed by atoms with van der Waals surface area (Å²) in [5.41, 5.74) is 9.16. The summed E-state index contributed by atoms with van der Waals surface area (Å²) in [6.45, 7) is 3.04. The number of nitrogens with one attached hydrogen (secondary N) is 1. The first-order valence-electron chi connectivity index (χ1n) is 6.79. The SMILES string of the molecule is CC(CCNc1cccc(C#N)c1N)c1ccccc1. The van der Waals surface area contributed by atoms with Gasteiger partial charge in [-0.3, -0.25) is 0 Å². The van der Waals surface area contributed by atoms with Crippen LogP contribution in [0.25, 0.3) is 0 Å². The number of hydrogen-bond acceptors (Lipinski definition) is 3. The molecule has 0 amide bonds. The molecule has 1 atom stereocenters. The molecule has 2 aromatic carbocycles. The number of rotatable bonds is 5. The van der Waals surface area contributed by atoms with Gasteiger partial charge in [0, 0.05) is 6.54 Å². The summed E-state index contributed by atoms with van der Waals surface area (Å²) in [7, 11) is 0. The predicted molar refractivity (Wildman–Crippen MR) is 83.5 cm³/mol. The second kappa shape index (κ2) is 6.63. The third-order valence-electron chi connectivity index (χ3n) is 3.49. The Morgan fingerprint density at radius 1 is 1.15 bits per heavy atom. The second-order valence-electron chi connectivity index (χ2n) is 4.91. The topological polar surface area (TPSA) is 61.8 Å². The Bertz CT molecular complexity index is 599. The van der Waals surface area contributed by atoms with Crippen molar-refractivity contribution < 1.29 is 0 Å². The highest BCUT2D eigenvalue weighted by Gasteiger charge is 2.06. The lowest BCUT2D eigenvalue weighted by molar-refractivity contribution is 0.706. The van der Waals surface area contributed by atoms with Crippen molar-refractivity contribution in [3.8, 4) is 6.07 Å². The summed E-state index contributed by atoms with van der Waals surface area (Å²) in [5, 5.41) is 12.3. The van der Waals surface area contributed by atoms with Crippen LogP contribution >= 0.6 is 0 Å². The fourth-order valence-electron chi connectivity index (χ4n) is 2.19. The van der Waals surface area contributed by atoms with E-state index in [0.29, 0.717) is 17.2 Å². The maximum Gasteiger partial charge on any atom is 0.101 e. The molecule has 20 heavy (non-hydrogen) atoms. The maximum atomic E-state index is 8.95. The highest BCUT2D eigenvalue weighted by atomic mass is 14.9. The lowest BCUT2D eigenvalue weighted by Gasteiger charge is -2.14. The van der Waals surface area contributed by atoms with E-state index in [1.54, 1.807) is 6.07 Å². The normalized spacial score (nSPS) is 11.6. The number of anilines is 2. The first-order chi connectivity index (χ1) is 9.72. The number of nitrogen functional groups attached to an aromatic ring is 1. The van der Waals surface area contributed by atoms with Gasteiger partial charge in [0.05, 0.1) is 16.9 Å². The molecule has 0 aliphatic carbocycles. The van der Waals surface area contributed by atoms with Crippen LogP contribution in [0.15, 0.2) is 48.5 Å². The lowest BCUT2D eigenvalue weighted by atomic mass is 9.98. The maximum absolute atomic E-state index is 8.95. The molecule has 0 saturated heterocycles. The molecule has 3 N–H and O–H groups in total. The van der Waals surface area contributed by atoms with Gasteiger partial charge in [-0.2, -0.15) is 5.26 Å². The number of benzene rings is 2. The molecule has 0 fully saturated rings. The standard InChI is InChI=1S/C17H19N3/c1-13(14-6-3-2-4-7-14)10-11-20-16-9-5-8-15(12-18)17(16)19/h2-9,13,20H,10-11,19H2,1H3. The Morgan fingerprint density at radius 2 is 1.90 bits per heavy atom. The van der Waals surface area contributed by atoms with Gasteiger partial charge in [0.25, 0.3) is 0 Å². The van der Waals surface area contributed by atoms with Crippen LogP contribution in [0.5, 0.6) is 0 Å². The lowest BCUT2D eigenvalue weighted by Crippen LogP contribution is -2.08. The van der Waals surface area contributed by atoms with Gasteiger partial charge in [0.15, 0.2) is 0 Å². The van der Waals surface area contributed by atoms with E-state index >= 15 is 0 Å².